The highest BCUT2D eigenvalue weighted by Crippen LogP contribution is 2.15. The van der Waals surface area contributed by atoms with E-state index in [4.69, 9.17) is 4.74 Å². The summed E-state index contributed by atoms with van der Waals surface area (Å²) in [6.07, 6.45) is 5.33. The van der Waals surface area contributed by atoms with Gasteiger partial charge in [0, 0.05) is 13.1 Å². The molecule has 0 saturated carbocycles. The van der Waals surface area contributed by atoms with Crippen LogP contribution >= 0.6 is 0 Å². The molecule has 0 aliphatic rings. The van der Waals surface area contributed by atoms with E-state index in [1.54, 1.807) is 12.5 Å². The van der Waals surface area contributed by atoms with Crippen molar-refractivity contribution >= 4 is 0 Å². The number of aryl methyl sites for hydroxylation is 2. The lowest BCUT2D eigenvalue weighted by atomic mass is 10.5. The van der Waals surface area contributed by atoms with Crippen molar-refractivity contribution < 1.29 is 9.30 Å². The number of nitrogens with zero attached hydrogens (tertiary/aromatic N) is 3. The van der Waals surface area contributed by atoms with Crippen LogP contribution in [0, 0.1) is 0 Å². The molecule has 0 amide bonds. The van der Waals surface area contributed by atoms with Gasteiger partial charge in [0.2, 0.25) is 5.88 Å². The fraction of sp³-hybridized carbons (Fsp3) is 0.200. The van der Waals surface area contributed by atoms with Gasteiger partial charge in [-0.05, 0) is 6.07 Å². The van der Waals surface area contributed by atoms with E-state index in [2.05, 4.69) is 4.98 Å². The minimum Gasteiger partial charge on any atom is -0.386 e. The average molecular weight is 190 g/mol. The molecule has 0 aliphatic carbocycles. The maximum atomic E-state index is 5.64. The highest BCUT2D eigenvalue weighted by molar-refractivity contribution is 5.13. The first-order valence-corrected chi connectivity index (χ1v) is 4.36. The molecule has 0 atom stereocenters. The number of imidazole rings is 1. The highest BCUT2D eigenvalue weighted by atomic mass is 16.5. The fourth-order valence-corrected chi connectivity index (χ4v) is 1.16. The van der Waals surface area contributed by atoms with Crippen molar-refractivity contribution in [1.29, 1.82) is 0 Å². The molecule has 0 bridgehead atoms. The summed E-state index contributed by atoms with van der Waals surface area (Å²) in [5, 5.41) is 0. The Labute approximate surface area is 82.4 Å². The Morgan fingerprint density at radius 1 is 1.43 bits per heavy atom. The standard InChI is InChI=1S/C10H12N3O/c1-12-6-4-3-5-9(12)14-10-7-11-8-13(10)2/h3-8H,1-2H3/q+1. The first-order chi connectivity index (χ1) is 6.77. The van der Waals surface area contributed by atoms with Crippen molar-refractivity contribution in [3.63, 3.8) is 0 Å². The van der Waals surface area contributed by atoms with Crippen molar-refractivity contribution in [2.45, 2.75) is 0 Å². The summed E-state index contributed by atoms with van der Waals surface area (Å²) in [6, 6.07) is 5.80. The zero-order valence-corrected chi connectivity index (χ0v) is 8.21. The third kappa shape index (κ3) is 1.59. The van der Waals surface area contributed by atoms with Crippen molar-refractivity contribution in [1.82, 2.24) is 9.55 Å². The van der Waals surface area contributed by atoms with Gasteiger partial charge in [0.05, 0.1) is 18.6 Å². The van der Waals surface area contributed by atoms with Gasteiger partial charge in [0.15, 0.2) is 6.20 Å². The van der Waals surface area contributed by atoms with Crippen LogP contribution in [-0.2, 0) is 14.1 Å². The van der Waals surface area contributed by atoms with Gasteiger partial charge in [-0.1, -0.05) is 0 Å². The zero-order chi connectivity index (χ0) is 9.97. The molecule has 0 fully saturated rings. The summed E-state index contributed by atoms with van der Waals surface area (Å²) in [5.41, 5.74) is 0. The smallest absolute Gasteiger partial charge is 0.374 e. The monoisotopic (exact) mass is 190 g/mol. The van der Waals surface area contributed by atoms with Gasteiger partial charge in [-0.15, -0.1) is 0 Å². The van der Waals surface area contributed by atoms with E-state index in [1.807, 2.05) is 47.6 Å². The van der Waals surface area contributed by atoms with Crippen LogP contribution in [0.15, 0.2) is 36.9 Å². The molecule has 0 N–H and O–H groups in total. The number of hydrogen-bond acceptors (Lipinski definition) is 2. The minimum atomic E-state index is 0.729. The van der Waals surface area contributed by atoms with E-state index in [0.29, 0.717) is 0 Å². The zero-order valence-electron chi connectivity index (χ0n) is 8.21. The number of pyridine rings is 1. The molecule has 4 heteroatoms. The molecule has 2 heterocycles. The number of ether oxygens (including phenoxy) is 1. The summed E-state index contributed by atoms with van der Waals surface area (Å²) in [5.74, 6) is 1.52. The van der Waals surface area contributed by atoms with Crippen LogP contribution in [0.25, 0.3) is 0 Å². The van der Waals surface area contributed by atoms with Crippen molar-refractivity contribution in [2.24, 2.45) is 14.1 Å². The Balaban J connectivity index is 2.28. The van der Waals surface area contributed by atoms with Crippen molar-refractivity contribution in [3.8, 4) is 11.8 Å². The van der Waals surface area contributed by atoms with Crippen molar-refractivity contribution in [2.75, 3.05) is 0 Å². The van der Waals surface area contributed by atoms with Crippen LogP contribution in [0.1, 0.15) is 0 Å². The highest BCUT2D eigenvalue weighted by Gasteiger charge is 2.08. The van der Waals surface area contributed by atoms with E-state index in [0.717, 1.165) is 11.8 Å². The van der Waals surface area contributed by atoms with Crippen LogP contribution in [0.5, 0.6) is 11.8 Å². The van der Waals surface area contributed by atoms with Crippen LogP contribution < -0.4 is 9.30 Å². The maximum absolute atomic E-state index is 5.64. The van der Waals surface area contributed by atoms with Gasteiger partial charge in [-0.3, -0.25) is 0 Å². The van der Waals surface area contributed by atoms with Crippen LogP contribution in [-0.4, -0.2) is 9.55 Å². The average Bonchev–Trinajstić information content (AvgIpc) is 2.56. The van der Waals surface area contributed by atoms with E-state index < -0.39 is 0 Å². The Bertz CT molecular complexity index is 436. The molecule has 72 valence electrons. The summed E-state index contributed by atoms with van der Waals surface area (Å²) in [4.78, 5) is 3.98. The Hall–Kier alpha value is -1.84. The molecule has 14 heavy (non-hydrogen) atoms. The van der Waals surface area contributed by atoms with Gasteiger partial charge < -0.3 is 9.30 Å². The predicted octanol–water partition coefficient (Wildman–Crippen LogP) is 1.04. The lowest BCUT2D eigenvalue weighted by Gasteiger charge is -2.02. The van der Waals surface area contributed by atoms with Gasteiger partial charge in [-0.2, -0.15) is 4.57 Å². The van der Waals surface area contributed by atoms with Gasteiger partial charge in [0.25, 0.3) is 0 Å². The second kappa shape index (κ2) is 3.49. The first kappa shape index (κ1) is 8.74. The molecule has 0 aromatic carbocycles. The Morgan fingerprint density at radius 2 is 2.29 bits per heavy atom. The van der Waals surface area contributed by atoms with Crippen LogP contribution in [0.3, 0.4) is 0 Å². The molecule has 4 nitrogen and oxygen atoms in total. The van der Waals surface area contributed by atoms with Crippen LogP contribution in [0.4, 0.5) is 0 Å². The molecule has 2 aromatic heterocycles. The molecule has 0 saturated heterocycles. The third-order valence-electron chi connectivity index (χ3n) is 1.99. The number of aromatic nitrogens is 3. The minimum absolute atomic E-state index is 0.729. The van der Waals surface area contributed by atoms with E-state index in [1.165, 1.54) is 0 Å². The summed E-state index contributed by atoms with van der Waals surface area (Å²) < 4.78 is 9.38. The molecular formula is C10H12N3O+. The summed E-state index contributed by atoms with van der Waals surface area (Å²) in [6.45, 7) is 0. The van der Waals surface area contributed by atoms with Crippen molar-refractivity contribution in [3.05, 3.63) is 36.9 Å². The van der Waals surface area contributed by atoms with E-state index in [-0.39, 0.29) is 0 Å². The SMILES string of the molecule is Cn1cncc1Oc1cccc[n+]1C. The van der Waals surface area contributed by atoms with E-state index >= 15 is 0 Å². The topological polar surface area (TPSA) is 30.9 Å². The molecule has 0 unspecified atom stereocenters. The number of hydrogen-bond donors (Lipinski definition) is 0. The number of rotatable bonds is 2. The molecule has 0 aliphatic heterocycles. The quantitative estimate of drug-likeness (QED) is 0.662. The first-order valence-electron chi connectivity index (χ1n) is 4.36. The summed E-state index contributed by atoms with van der Waals surface area (Å²) in [7, 11) is 3.83. The Kier molecular flexibility index (Phi) is 2.18. The third-order valence-corrected chi connectivity index (χ3v) is 1.99. The second-order valence-electron chi connectivity index (χ2n) is 3.09. The second-order valence-corrected chi connectivity index (χ2v) is 3.09. The largest absolute Gasteiger partial charge is 0.386 e. The van der Waals surface area contributed by atoms with Crippen LogP contribution in [0.2, 0.25) is 0 Å². The fourth-order valence-electron chi connectivity index (χ4n) is 1.16. The molecule has 0 spiro atoms. The van der Waals surface area contributed by atoms with Gasteiger partial charge in [-0.25, -0.2) is 4.98 Å². The molecule has 2 aromatic rings. The molecule has 0 radical (unpaired) electrons. The van der Waals surface area contributed by atoms with Gasteiger partial charge >= 0.3 is 5.88 Å². The maximum Gasteiger partial charge on any atom is 0.374 e. The Morgan fingerprint density at radius 3 is 2.93 bits per heavy atom. The van der Waals surface area contributed by atoms with E-state index in [9.17, 15) is 0 Å². The summed E-state index contributed by atoms with van der Waals surface area (Å²) >= 11 is 0. The molecule has 2 rings (SSSR count). The normalized spacial score (nSPS) is 10.1. The predicted molar refractivity (Wildman–Crippen MR) is 50.9 cm³/mol. The lowest BCUT2D eigenvalue weighted by molar-refractivity contribution is -0.676. The van der Waals surface area contributed by atoms with Gasteiger partial charge in [0.1, 0.15) is 7.05 Å². The molecular weight excluding hydrogens is 178 g/mol. The lowest BCUT2D eigenvalue weighted by Crippen LogP contribution is -2.28.